The van der Waals surface area contributed by atoms with Gasteiger partial charge in [-0.25, -0.2) is 9.97 Å². The molecular formula is C15H18N4O. The number of ether oxygens (including phenoxy) is 1. The number of nitrogens with one attached hydrogen (secondary N) is 1. The third-order valence-electron chi connectivity index (χ3n) is 3.52. The number of hydrogen-bond donors (Lipinski definition) is 2. The van der Waals surface area contributed by atoms with Gasteiger partial charge in [-0.05, 0) is 42.2 Å². The molecule has 1 aromatic heterocycles. The van der Waals surface area contributed by atoms with Crippen molar-refractivity contribution in [2.75, 3.05) is 25.5 Å². The van der Waals surface area contributed by atoms with Crippen molar-refractivity contribution >= 4 is 5.95 Å². The molecule has 0 atom stereocenters. The summed E-state index contributed by atoms with van der Waals surface area (Å²) >= 11 is 0. The van der Waals surface area contributed by atoms with Crippen molar-refractivity contribution in [2.45, 2.75) is 12.8 Å². The van der Waals surface area contributed by atoms with E-state index in [4.69, 9.17) is 10.5 Å². The number of aryl methyl sites for hydroxylation is 2. The van der Waals surface area contributed by atoms with Crippen LogP contribution in [0.4, 0.5) is 5.95 Å². The van der Waals surface area contributed by atoms with Gasteiger partial charge in [0, 0.05) is 24.8 Å². The van der Waals surface area contributed by atoms with E-state index in [0.29, 0.717) is 19.0 Å². The quantitative estimate of drug-likeness (QED) is 0.883. The molecule has 0 aliphatic heterocycles. The van der Waals surface area contributed by atoms with Crippen molar-refractivity contribution in [3.8, 4) is 17.0 Å². The van der Waals surface area contributed by atoms with Gasteiger partial charge in [-0.15, -0.1) is 0 Å². The molecule has 0 fully saturated rings. The summed E-state index contributed by atoms with van der Waals surface area (Å²) in [5.74, 6) is 1.53. The van der Waals surface area contributed by atoms with Gasteiger partial charge in [0.05, 0.1) is 12.8 Å². The molecule has 0 saturated heterocycles. The van der Waals surface area contributed by atoms with Gasteiger partial charge in [0.2, 0.25) is 5.95 Å². The van der Waals surface area contributed by atoms with Crippen LogP contribution in [0.25, 0.3) is 11.3 Å². The minimum absolute atomic E-state index is 0.564. The summed E-state index contributed by atoms with van der Waals surface area (Å²) in [7, 11) is 1.69. The van der Waals surface area contributed by atoms with E-state index < -0.39 is 0 Å². The number of aromatic nitrogens is 2. The molecule has 1 aliphatic rings. The minimum Gasteiger partial charge on any atom is -0.497 e. The summed E-state index contributed by atoms with van der Waals surface area (Å²) in [6.07, 6.45) is 3.87. The third kappa shape index (κ3) is 2.32. The van der Waals surface area contributed by atoms with Gasteiger partial charge in [0.15, 0.2) is 0 Å². The molecular weight excluding hydrogens is 252 g/mol. The largest absolute Gasteiger partial charge is 0.497 e. The Hall–Kier alpha value is -2.14. The van der Waals surface area contributed by atoms with E-state index in [1.807, 2.05) is 12.3 Å². The highest BCUT2D eigenvalue weighted by Crippen LogP contribution is 2.34. The van der Waals surface area contributed by atoms with Crippen molar-refractivity contribution < 1.29 is 4.74 Å². The van der Waals surface area contributed by atoms with Crippen LogP contribution in [0.2, 0.25) is 0 Å². The Morgan fingerprint density at radius 2 is 2.15 bits per heavy atom. The maximum atomic E-state index is 5.49. The van der Waals surface area contributed by atoms with Gasteiger partial charge in [-0.3, -0.25) is 0 Å². The van der Waals surface area contributed by atoms with Crippen molar-refractivity contribution in [3.63, 3.8) is 0 Å². The number of fused-ring (bicyclic) bond motifs is 3. The monoisotopic (exact) mass is 270 g/mol. The first-order valence-corrected chi connectivity index (χ1v) is 6.79. The first kappa shape index (κ1) is 12.9. The van der Waals surface area contributed by atoms with Crippen molar-refractivity contribution in [1.82, 2.24) is 9.97 Å². The molecule has 0 saturated carbocycles. The van der Waals surface area contributed by atoms with Crippen molar-refractivity contribution in [2.24, 2.45) is 5.73 Å². The van der Waals surface area contributed by atoms with E-state index in [0.717, 1.165) is 24.3 Å². The Balaban J connectivity index is 2.00. The van der Waals surface area contributed by atoms with Crippen molar-refractivity contribution in [3.05, 3.63) is 35.5 Å². The number of hydrogen-bond acceptors (Lipinski definition) is 5. The average molecular weight is 270 g/mol. The Kier molecular flexibility index (Phi) is 3.52. The van der Waals surface area contributed by atoms with E-state index >= 15 is 0 Å². The molecule has 5 heteroatoms. The molecule has 1 aliphatic carbocycles. The first-order valence-electron chi connectivity index (χ1n) is 6.79. The standard InChI is InChI=1S/C15H18N4O/c1-20-12-4-5-13-10(8-12)2-3-11-9-18-15(17-7-6-16)19-14(11)13/h4-5,8-9H,2-3,6-7,16H2,1H3,(H,17,18,19). The van der Waals surface area contributed by atoms with Crippen LogP contribution in [0.5, 0.6) is 5.75 Å². The number of anilines is 1. The zero-order valence-electron chi connectivity index (χ0n) is 11.5. The number of methoxy groups -OCH3 is 1. The number of rotatable bonds is 4. The van der Waals surface area contributed by atoms with Crippen molar-refractivity contribution in [1.29, 1.82) is 0 Å². The normalized spacial score (nSPS) is 12.5. The number of nitrogens with two attached hydrogens (primary N) is 1. The number of nitrogens with zero attached hydrogens (tertiary/aromatic N) is 2. The minimum atomic E-state index is 0.564. The summed E-state index contributed by atoms with van der Waals surface area (Å²) in [4.78, 5) is 8.96. The van der Waals surface area contributed by atoms with Gasteiger partial charge < -0.3 is 15.8 Å². The molecule has 1 heterocycles. The van der Waals surface area contributed by atoms with Crippen LogP contribution < -0.4 is 15.8 Å². The second kappa shape index (κ2) is 5.46. The third-order valence-corrected chi connectivity index (χ3v) is 3.52. The van der Waals surface area contributed by atoms with Crippen LogP contribution in [0.1, 0.15) is 11.1 Å². The summed E-state index contributed by atoms with van der Waals surface area (Å²) < 4.78 is 5.29. The van der Waals surface area contributed by atoms with Gasteiger partial charge >= 0.3 is 0 Å². The Morgan fingerprint density at radius 3 is 2.95 bits per heavy atom. The van der Waals surface area contributed by atoms with E-state index in [-0.39, 0.29) is 0 Å². The lowest BCUT2D eigenvalue weighted by Gasteiger charge is -2.19. The summed E-state index contributed by atoms with van der Waals surface area (Å²) in [6.45, 7) is 1.24. The smallest absolute Gasteiger partial charge is 0.223 e. The highest BCUT2D eigenvalue weighted by molar-refractivity contribution is 5.71. The van der Waals surface area contributed by atoms with E-state index in [1.165, 1.54) is 16.7 Å². The molecule has 104 valence electrons. The first-order chi connectivity index (χ1) is 9.81. The van der Waals surface area contributed by atoms with Crippen LogP contribution >= 0.6 is 0 Å². The average Bonchev–Trinajstić information content (AvgIpc) is 2.51. The topological polar surface area (TPSA) is 73.1 Å². The van der Waals surface area contributed by atoms with E-state index in [2.05, 4.69) is 27.4 Å². The molecule has 0 bridgehead atoms. The molecule has 0 spiro atoms. The second-order valence-electron chi connectivity index (χ2n) is 4.81. The van der Waals surface area contributed by atoms with Gasteiger partial charge in [0.25, 0.3) is 0 Å². The maximum Gasteiger partial charge on any atom is 0.223 e. The highest BCUT2D eigenvalue weighted by Gasteiger charge is 2.19. The highest BCUT2D eigenvalue weighted by atomic mass is 16.5. The van der Waals surface area contributed by atoms with Gasteiger partial charge in [-0.2, -0.15) is 0 Å². The molecule has 0 unspecified atom stereocenters. The molecule has 3 N–H and O–H groups in total. The van der Waals surface area contributed by atoms with Crippen LogP contribution in [0.3, 0.4) is 0 Å². The Bertz CT molecular complexity index is 627. The van der Waals surface area contributed by atoms with Crippen LogP contribution in [0.15, 0.2) is 24.4 Å². The summed E-state index contributed by atoms with van der Waals surface area (Å²) in [6, 6.07) is 6.14. The molecule has 0 radical (unpaired) electrons. The Labute approximate surface area is 118 Å². The van der Waals surface area contributed by atoms with Gasteiger partial charge in [-0.1, -0.05) is 0 Å². The number of benzene rings is 1. The second-order valence-corrected chi connectivity index (χ2v) is 4.81. The van der Waals surface area contributed by atoms with Crippen LogP contribution in [0, 0.1) is 0 Å². The fourth-order valence-corrected chi connectivity index (χ4v) is 2.50. The molecule has 2 aromatic rings. The fourth-order valence-electron chi connectivity index (χ4n) is 2.50. The SMILES string of the molecule is COc1ccc2c(c1)CCc1cnc(NCCN)nc1-2. The molecule has 3 rings (SSSR count). The zero-order chi connectivity index (χ0) is 13.9. The lowest BCUT2D eigenvalue weighted by Crippen LogP contribution is -2.16. The maximum absolute atomic E-state index is 5.49. The molecule has 5 nitrogen and oxygen atoms in total. The van der Waals surface area contributed by atoms with Crippen LogP contribution in [-0.4, -0.2) is 30.2 Å². The predicted octanol–water partition coefficient (Wildman–Crippen LogP) is 1.62. The summed E-state index contributed by atoms with van der Waals surface area (Å²) in [5, 5.41) is 3.13. The predicted molar refractivity (Wildman–Crippen MR) is 79.0 cm³/mol. The van der Waals surface area contributed by atoms with Crippen LogP contribution in [-0.2, 0) is 12.8 Å². The van der Waals surface area contributed by atoms with Gasteiger partial charge in [0.1, 0.15) is 5.75 Å². The van der Waals surface area contributed by atoms with E-state index in [9.17, 15) is 0 Å². The molecule has 1 aromatic carbocycles. The summed E-state index contributed by atoms with van der Waals surface area (Å²) in [5.41, 5.74) is 10.2. The Morgan fingerprint density at radius 1 is 1.30 bits per heavy atom. The lowest BCUT2D eigenvalue weighted by atomic mass is 9.90. The molecule has 20 heavy (non-hydrogen) atoms. The lowest BCUT2D eigenvalue weighted by molar-refractivity contribution is 0.414. The zero-order valence-corrected chi connectivity index (χ0v) is 11.5. The molecule has 0 amide bonds. The fraction of sp³-hybridized carbons (Fsp3) is 0.333. The van der Waals surface area contributed by atoms with E-state index in [1.54, 1.807) is 7.11 Å².